The van der Waals surface area contributed by atoms with Crippen molar-refractivity contribution in [3.05, 3.63) is 42.3 Å². The number of rotatable bonds is 4. The van der Waals surface area contributed by atoms with E-state index < -0.39 is 0 Å². The van der Waals surface area contributed by atoms with Gasteiger partial charge in [0, 0.05) is 6.61 Å². The summed E-state index contributed by atoms with van der Waals surface area (Å²) in [5, 5.41) is 8.81. The van der Waals surface area contributed by atoms with Crippen molar-refractivity contribution in [3.63, 3.8) is 0 Å². The van der Waals surface area contributed by atoms with Crippen molar-refractivity contribution in [2.75, 3.05) is 6.61 Å². The standard InChI is InChI=1S/C11H15O/c1-2-10(8-9-12)11-6-4-3-5-7-11/h2-7,10,12H,8-9H2,1H3. The molecule has 65 valence electrons. The molecule has 0 saturated carbocycles. The molecule has 0 bridgehead atoms. The molecule has 1 nitrogen and oxygen atoms in total. The highest BCUT2D eigenvalue weighted by molar-refractivity contribution is 5.21. The van der Waals surface area contributed by atoms with Crippen LogP contribution in [0.3, 0.4) is 0 Å². The quantitative estimate of drug-likeness (QED) is 0.722. The van der Waals surface area contributed by atoms with Crippen LogP contribution in [0.4, 0.5) is 0 Å². The van der Waals surface area contributed by atoms with E-state index in [0.717, 1.165) is 6.42 Å². The number of aliphatic hydroxyl groups is 1. The summed E-state index contributed by atoms with van der Waals surface area (Å²) in [5.74, 6) is 0.399. The van der Waals surface area contributed by atoms with E-state index in [4.69, 9.17) is 5.11 Å². The van der Waals surface area contributed by atoms with Crippen LogP contribution < -0.4 is 0 Å². The molecule has 1 atom stereocenters. The Morgan fingerprint density at radius 3 is 2.50 bits per heavy atom. The van der Waals surface area contributed by atoms with Gasteiger partial charge in [-0.25, -0.2) is 0 Å². The van der Waals surface area contributed by atoms with E-state index in [1.54, 1.807) is 0 Å². The molecule has 0 aliphatic carbocycles. The first kappa shape index (κ1) is 9.27. The van der Waals surface area contributed by atoms with E-state index in [1.165, 1.54) is 5.56 Å². The van der Waals surface area contributed by atoms with Crippen molar-refractivity contribution in [1.29, 1.82) is 0 Å². The summed E-state index contributed by atoms with van der Waals surface area (Å²) in [6, 6.07) is 10.3. The summed E-state index contributed by atoms with van der Waals surface area (Å²) in [6.07, 6.45) is 2.95. The minimum absolute atomic E-state index is 0.254. The molecule has 0 heterocycles. The Labute approximate surface area is 74.1 Å². The van der Waals surface area contributed by atoms with Crippen LogP contribution in [0.5, 0.6) is 0 Å². The van der Waals surface area contributed by atoms with Crippen LogP contribution in [0.1, 0.15) is 24.8 Å². The van der Waals surface area contributed by atoms with Crippen LogP contribution in [0.15, 0.2) is 30.3 Å². The second-order valence-electron chi connectivity index (χ2n) is 2.86. The molecule has 1 rings (SSSR count). The average molecular weight is 163 g/mol. The molecule has 1 radical (unpaired) electrons. The highest BCUT2D eigenvalue weighted by Gasteiger charge is 2.06. The summed E-state index contributed by atoms with van der Waals surface area (Å²) < 4.78 is 0. The lowest BCUT2D eigenvalue weighted by atomic mass is 9.94. The molecule has 0 saturated heterocycles. The van der Waals surface area contributed by atoms with Gasteiger partial charge in [-0.3, -0.25) is 0 Å². The van der Waals surface area contributed by atoms with Crippen molar-refractivity contribution in [2.45, 2.75) is 19.3 Å². The predicted molar refractivity (Wildman–Crippen MR) is 50.9 cm³/mol. The molecular weight excluding hydrogens is 148 g/mol. The van der Waals surface area contributed by atoms with Gasteiger partial charge in [0.25, 0.3) is 0 Å². The van der Waals surface area contributed by atoms with Crippen LogP contribution in [0, 0.1) is 6.42 Å². The fourth-order valence-corrected chi connectivity index (χ4v) is 1.37. The Morgan fingerprint density at radius 2 is 2.00 bits per heavy atom. The van der Waals surface area contributed by atoms with Gasteiger partial charge in [0.1, 0.15) is 0 Å². The molecule has 1 heteroatoms. The molecule has 1 aromatic rings. The van der Waals surface area contributed by atoms with Gasteiger partial charge in [0.15, 0.2) is 0 Å². The van der Waals surface area contributed by atoms with Gasteiger partial charge < -0.3 is 5.11 Å². The Morgan fingerprint density at radius 1 is 1.33 bits per heavy atom. The summed E-state index contributed by atoms with van der Waals surface area (Å²) in [4.78, 5) is 0. The van der Waals surface area contributed by atoms with Gasteiger partial charge in [-0.2, -0.15) is 0 Å². The maximum atomic E-state index is 8.81. The van der Waals surface area contributed by atoms with Crippen molar-refractivity contribution >= 4 is 0 Å². The zero-order chi connectivity index (χ0) is 8.81. The summed E-state index contributed by atoms with van der Waals surface area (Å²) in [6.45, 7) is 2.29. The molecule has 0 aromatic heterocycles. The van der Waals surface area contributed by atoms with Gasteiger partial charge in [-0.15, -0.1) is 0 Å². The lowest BCUT2D eigenvalue weighted by Gasteiger charge is -2.12. The van der Waals surface area contributed by atoms with E-state index in [-0.39, 0.29) is 6.61 Å². The van der Waals surface area contributed by atoms with Crippen molar-refractivity contribution in [3.8, 4) is 0 Å². The minimum atomic E-state index is 0.254. The maximum Gasteiger partial charge on any atom is 0.0436 e. The first-order valence-corrected chi connectivity index (χ1v) is 4.33. The number of hydrogen-bond donors (Lipinski definition) is 1. The first-order valence-electron chi connectivity index (χ1n) is 4.33. The van der Waals surface area contributed by atoms with Gasteiger partial charge in [-0.05, 0) is 24.3 Å². The van der Waals surface area contributed by atoms with Crippen LogP contribution in [-0.2, 0) is 0 Å². The summed E-state index contributed by atoms with van der Waals surface area (Å²) in [7, 11) is 0. The number of aliphatic hydroxyl groups excluding tert-OH is 1. The Kier molecular flexibility index (Phi) is 3.81. The Balaban J connectivity index is 2.66. The largest absolute Gasteiger partial charge is 0.396 e. The second kappa shape index (κ2) is 4.94. The third-order valence-electron chi connectivity index (χ3n) is 2.07. The van der Waals surface area contributed by atoms with E-state index in [9.17, 15) is 0 Å². The second-order valence-corrected chi connectivity index (χ2v) is 2.86. The van der Waals surface area contributed by atoms with E-state index in [2.05, 4.69) is 18.6 Å². The van der Waals surface area contributed by atoms with E-state index in [0.29, 0.717) is 5.92 Å². The lowest BCUT2D eigenvalue weighted by Crippen LogP contribution is -2.00. The molecule has 0 spiro atoms. The van der Waals surface area contributed by atoms with Gasteiger partial charge in [0.2, 0.25) is 0 Å². The molecular formula is C11H15O. The minimum Gasteiger partial charge on any atom is -0.396 e. The first-order chi connectivity index (χ1) is 5.88. The van der Waals surface area contributed by atoms with Crippen molar-refractivity contribution in [1.82, 2.24) is 0 Å². The molecule has 0 fully saturated rings. The molecule has 0 aliphatic heterocycles. The lowest BCUT2D eigenvalue weighted by molar-refractivity contribution is 0.280. The zero-order valence-corrected chi connectivity index (χ0v) is 7.40. The molecule has 0 amide bonds. The number of hydrogen-bond acceptors (Lipinski definition) is 1. The van der Waals surface area contributed by atoms with Crippen LogP contribution in [0.2, 0.25) is 0 Å². The van der Waals surface area contributed by atoms with Crippen molar-refractivity contribution in [2.24, 2.45) is 0 Å². The normalized spacial score (nSPS) is 12.8. The third kappa shape index (κ3) is 2.35. The van der Waals surface area contributed by atoms with E-state index in [1.807, 2.05) is 25.1 Å². The van der Waals surface area contributed by atoms with Crippen molar-refractivity contribution < 1.29 is 5.11 Å². The monoisotopic (exact) mass is 163 g/mol. The molecule has 12 heavy (non-hydrogen) atoms. The van der Waals surface area contributed by atoms with Crippen LogP contribution in [0.25, 0.3) is 0 Å². The Hall–Kier alpha value is -0.820. The molecule has 1 aromatic carbocycles. The highest BCUT2D eigenvalue weighted by atomic mass is 16.3. The third-order valence-corrected chi connectivity index (χ3v) is 2.07. The molecule has 1 N–H and O–H groups in total. The fraction of sp³-hybridized carbons (Fsp3) is 0.364. The average Bonchev–Trinajstić information content (AvgIpc) is 2.15. The van der Waals surface area contributed by atoms with Gasteiger partial charge in [0.05, 0.1) is 0 Å². The SMILES string of the molecule is C[CH]C(CCO)c1ccccc1. The van der Waals surface area contributed by atoms with Gasteiger partial charge >= 0.3 is 0 Å². The number of benzene rings is 1. The molecule has 0 aliphatic rings. The van der Waals surface area contributed by atoms with Crippen LogP contribution in [-0.4, -0.2) is 11.7 Å². The predicted octanol–water partition coefficient (Wildman–Crippen LogP) is 2.38. The summed E-state index contributed by atoms with van der Waals surface area (Å²) in [5.41, 5.74) is 1.29. The van der Waals surface area contributed by atoms with Gasteiger partial charge in [-0.1, -0.05) is 37.3 Å². The Bertz CT molecular complexity index is 206. The zero-order valence-electron chi connectivity index (χ0n) is 7.40. The maximum absolute atomic E-state index is 8.81. The topological polar surface area (TPSA) is 20.2 Å². The summed E-state index contributed by atoms with van der Waals surface area (Å²) >= 11 is 0. The molecule has 1 unspecified atom stereocenters. The van der Waals surface area contributed by atoms with Crippen LogP contribution >= 0.6 is 0 Å². The highest BCUT2D eigenvalue weighted by Crippen LogP contribution is 2.21. The fourth-order valence-electron chi connectivity index (χ4n) is 1.37. The van der Waals surface area contributed by atoms with E-state index >= 15 is 0 Å². The smallest absolute Gasteiger partial charge is 0.0436 e.